The number of ether oxygens (including phenoxy) is 1. The van der Waals surface area contributed by atoms with Gasteiger partial charge in [-0.25, -0.2) is 9.97 Å². The maximum atomic E-state index is 5.78. The summed E-state index contributed by atoms with van der Waals surface area (Å²) in [6, 6.07) is 0. The van der Waals surface area contributed by atoms with Crippen LogP contribution in [-0.4, -0.2) is 26.0 Å². The molecule has 1 saturated carbocycles. The molecule has 2 aromatic heterocycles. The minimum atomic E-state index is 0.325. The second-order valence-electron chi connectivity index (χ2n) is 3.85. The highest BCUT2D eigenvalue weighted by molar-refractivity contribution is 5.75. The van der Waals surface area contributed by atoms with Crippen LogP contribution < -0.4 is 4.74 Å². The van der Waals surface area contributed by atoms with Crippen LogP contribution in [0.15, 0.2) is 6.33 Å². The Morgan fingerprint density at radius 3 is 3.00 bits per heavy atom. The third-order valence-electron chi connectivity index (χ3n) is 2.69. The lowest BCUT2D eigenvalue weighted by Gasteiger charge is -2.25. The molecule has 3 rings (SSSR count). The Kier molecular flexibility index (Phi) is 1.83. The molecule has 0 saturated heterocycles. The average molecular weight is 204 g/mol. The van der Waals surface area contributed by atoms with E-state index in [4.69, 9.17) is 4.74 Å². The molecular formula is C10H12N4O. The number of aromatic nitrogens is 4. The van der Waals surface area contributed by atoms with Crippen molar-refractivity contribution in [3.05, 3.63) is 12.2 Å². The Bertz CT molecular complexity index is 489. The maximum absolute atomic E-state index is 5.78. The molecule has 0 aliphatic heterocycles. The predicted octanol–water partition coefficient (Wildman–Crippen LogP) is 1.59. The van der Waals surface area contributed by atoms with Gasteiger partial charge in [0.2, 0.25) is 5.88 Å². The number of aromatic amines is 1. The van der Waals surface area contributed by atoms with Crippen LogP contribution in [0.5, 0.6) is 5.88 Å². The fourth-order valence-electron chi connectivity index (χ4n) is 1.64. The van der Waals surface area contributed by atoms with E-state index in [2.05, 4.69) is 19.9 Å². The quantitative estimate of drug-likeness (QED) is 0.806. The van der Waals surface area contributed by atoms with Gasteiger partial charge in [0.1, 0.15) is 17.4 Å². The molecule has 15 heavy (non-hydrogen) atoms. The number of H-pyrrole nitrogens is 1. The van der Waals surface area contributed by atoms with Crippen molar-refractivity contribution in [1.82, 2.24) is 19.9 Å². The van der Waals surface area contributed by atoms with Crippen LogP contribution in [0.4, 0.5) is 0 Å². The first-order valence-electron chi connectivity index (χ1n) is 5.17. The van der Waals surface area contributed by atoms with Gasteiger partial charge in [0.05, 0.1) is 6.33 Å². The fraction of sp³-hybridized carbons (Fsp3) is 0.500. The molecule has 2 heterocycles. The van der Waals surface area contributed by atoms with E-state index in [1.54, 1.807) is 6.33 Å². The molecule has 1 aliphatic carbocycles. The van der Waals surface area contributed by atoms with Gasteiger partial charge in [0, 0.05) is 0 Å². The van der Waals surface area contributed by atoms with E-state index in [0.29, 0.717) is 23.5 Å². The summed E-state index contributed by atoms with van der Waals surface area (Å²) in [4.78, 5) is 15.6. The standard InChI is InChI=1S/C10H12N4O/c1-6-13-9-8(11-5-12-9)10(14-6)15-7-3-2-4-7/h5,7H,2-4H2,1H3,(H,11,12,13,14). The zero-order valence-electron chi connectivity index (χ0n) is 8.53. The summed E-state index contributed by atoms with van der Waals surface area (Å²) in [5.41, 5.74) is 1.48. The molecule has 0 spiro atoms. The summed E-state index contributed by atoms with van der Waals surface area (Å²) in [5.74, 6) is 1.34. The zero-order chi connectivity index (χ0) is 10.3. The maximum Gasteiger partial charge on any atom is 0.243 e. The SMILES string of the molecule is Cc1nc(OC2CCC2)c2[nH]cnc2n1. The Balaban J connectivity index is 2.02. The minimum absolute atomic E-state index is 0.325. The van der Waals surface area contributed by atoms with Gasteiger partial charge >= 0.3 is 0 Å². The Labute approximate surface area is 86.9 Å². The third-order valence-corrected chi connectivity index (χ3v) is 2.69. The van der Waals surface area contributed by atoms with Crippen molar-refractivity contribution in [2.24, 2.45) is 0 Å². The van der Waals surface area contributed by atoms with Crippen LogP contribution in [0.3, 0.4) is 0 Å². The molecular weight excluding hydrogens is 192 g/mol. The highest BCUT2D eigenvalue weighted by Gasteiger charge is 2.21. The van der Waals surface area contributed by atoms with E-state index >= 15 is 0 Å². The molecule has 5 nitrogen and oxygen atoms in total. The first-order valence-corrected chi connectivity index (χ1v) is 5.17. The monoisotopic (exact) mass is 204 g/mol. The van der Waals surface area contributed by atoms with Crippen LogP contribution in [-0.2, 0) is 0 Å². The second kappa shape index (κ2) is 3.18. The van der Waals surface area contributed by atoms with E-state index < -0.39 is 0 Å². The van der Waals surface area contributed by atoms with Crippen LogP contribution in [0, 0.1) is 6.92 Å². The van der Waals surface area contributed by atoms with Gasteiger partial charge in [0.15, 0.2) is 5.65 Å². The number of aryl methyl sites for hydroxylation is 1. The molecule has 0 unspecified atom stereocenters. The second-order valence-corrected chi connectivity index (χ2v) is 3.85. The van der Waals surface area contributed by atoms with Gasteiger partial charge in [-0.2, -0.15) is 4.98 Å². The summed E-state index contributed by atoms with van der Waals surface area (Å²) < 4.78 is 5.78. The van der Waals surface area contributed by atoms with E-state index in [9.17, 15) is 0 Å². The summed E-state index contributed by atoms with van der Waals surface area (Å²) >= 11 is 0. The first kappa shape index (κ1) is 8.64. The summed E-state index contributed by atoms with van der Waals surface area (Å²) in [7, 11) is 0. The molecule has 0 bridgehead atoms. The Hall–Kier alpha value is -1.65. The lowest BCUT2D eigenvalue weighted by Crippen LogP contribution is -2.25. The minimum Gasteiger partial charge on any atom is -0.473 e. The first-order chi connectivity index (χ1) is 7.33. The Morgan fingerprint density at radius 1 is 1.40 bits per heavy atom. The van der Waals surface area contributed by atoms with Crippen molar-refractivity contribution in [2.45, 2.75) is 32.3 Å². The summed E-state index contributed by atoms with van der Waals surface area (Å²) in [5, 5.41) is 0. The molecule has 1 fully saturated rings. The number of hydrogen-bond acceptors (Lipinski definition) is 4. The van der Waals surface area contributed by atoms with Gasteiger partial charge in [-0.1, -0.05) is 0 Å². The third kappa shape index (κ3) is 1.44. The molecule has 1 aliphatic rings. The number of fused-ring (bicyclic) bond motifs is 1. The van der Waals surface area contributed by atoms with Crippen molar-refractivity contribution >= 4 is 11.2 Å². The van der Waals surface area contributed by atoms with Crippen LogP contribution in [0.25, 0.3) is 11.2 Å². The molecule has 5 heteroatoms. The largest absolute Gasteiger partial charge is 0.473 e. The fourth-order valence-corrected chi connectivity index (χ4v) is 1.64. The number of nitrogens with one attached hydrogen (secondary N) is 1. The van der Waals surface area contributed by atoms with Gasteiger partial charge in [0.25, 0.3) is 0 Å². The van der Waals surface area contributed by atoms with E-state index in [0.717, 1.165) is 18.4 Å². The molecule has 2 aromatic rings. The molecule has 0 amide bonds. The van der Waals surface area contributed by atoms with Gasteiger partial charge < -0.3 is 9.72 Å². The highest BCUT2D eigenvalue weighted by Crippen LogP contribution is 2.27. The van der Waals surface area contributed by atoms with Gasteiger partial charge in [-0.3, -0.25) is 0 Å². The van der Waals surface area contributed by atoms with Crippen LogP contribution in [0.2, 0.25) is 0 Å². The number of rotatable bonds is 2. The summed E-state index contributed by atoms with van der Waals surface area (Å²) in [6.45, 7) is 1.85. The normalized spacial score (nSPS) is 16.6. The summed E-state index contributed by atoms with van der Waals surface area (Å²) in [6.07, 6.45) is 5.44. The smallest absolute Gasteiger partial charge is 0.243 e. The lowest BCUT2D eigenvalue weighted by atomic mass is 9.96. The number of nitrogens with zero attached hydrogens (tertiary/aromatic N) is 3. The van der Waals surface area contributed by atoms with Crippen molar-refractivity contribution in [2.75, 3.05) is 0 Å². The topological polar surface area (TPSA) is 63.7 Å². The molecule has 0 radical (unpaired) electrons. The van der Waals surface area contributed by atoms with Crippen molar-refractivity contribution in [1.29, 1.82) is 0 Å². The molecule has 0 aromatic carbocycles. The number of hydrogen-bond donors (Lipinski definition) is 1. The molecule has 78 valence electrons. The van der Waals surface area contributed by atoms with E-state index in [1.807, 2.05) is 6.92 Å². The predicted molar refractivity (Wildman–Crippen MR) is 54.7 cm³/mol. The van der Waals surface area contributed by atoms with E-state index in [-0.39, 0.29) is 0 Å². The van der Waals surface area contributed by atoms with Crippen molar-refractivity contribution in [3.8, 4) is 5.88 Å². The highest BCUT2D eigenvalue weighted by atomic mass is 16.5. The van der Waals surface area contributed by atoms with Crippen molar-refractivity contribution in [3.63, 3.8) is 0 Å². The average Bonchev–Trinajstić information content (AvgIpc) is 2.58. The van der Waals surface area contributed by atoms with Crippen LogP contribution in [0.1, 0.15) is 25.1 Å². The molecule has 1 N–H and O–H groups in total. The zero-order valence-corrected chi connectivity index (χ0v) is 8.53. The Morgan fingerprint density at radius 2 is 2.27 bits per heavy atom. The lowest BCUT2D eigenvalue weighted by molar-refractivity contribution is 0.116. The number of imidazole rings is 1. The van der Waals surface area contributed by atoms with Gasteiger partial charge in [-0.05, 0) is 26.2 Å². The van der Waals surface area contributed by atoms with Crippen LogP contribution >= 0.6 is 0 Å². The van der Waals surface area contributed by atoms with Gasteiger partial charge in [-0.15, -0.1) is 0 Å². The van der Waals surface area contributed by atoms with E-state index in [1.165, 1.54) is 6.42 Å². The molecule has 0 atom stereocenters. The van der Waals surface area contributed by atoms with Crippen molar-refractivity contribution < 1.29 is 4.74 Å².